The fourth-order valence-corrected chi connectivity index (χ4v) is 1.06. The first-order valence-corrected chi connectivity index (χ1v) is 5.21. The first kappa shape index (κ1) is 14.7. The molecule has 0 aromatic heterocycles. The molecule has 0 spiro atoms. The van der Waals surface area contributed by atoms with Crippen molar-refractivity contribution in [1.82, 2.24) is 0 Å². The number of rotatable bonds is 7. The van der Waals surface area contributed by atoms with E-state index in [1.165, 1.54) is 0 Å². The fourth-order valence-electron chi connectivity index (χ4n) is 1.06. The largest absolute Gasteiger partial charge is 0.390 e. The van der Waals surface area contributed by atoms with Crippen LogP contribution >= 0.6 is 0 Å². The average molecular weight is 227 g/mol. The van der Waals surface area contributed by atoms with E-state index in [-0.39, 0.29) is 6.42 Å². The molecule has 2 nitrogen and oxygen atoms in total. The molecule has 0 bridgehead atoms. The molecule has 0 aliphatic heterocycles. The van der Waals surface area contributed by atoms with E-state index in [2.05, 4.69) is 13.8 Å². The molecule has 92 valence electrons. The van der Waals surface area contributed by atoms with Crippen molar-refractivity contribution in [2.45, 2.75) is 45.3 Å². The summed E-state index contributed by atoms with van der Waals surface area (Å²) in [5.74, 6) is 0.550. The normalized spacial score (nSPS) is 14.6. The highest BCUT2D eigenvalue weighted by molar-refractivity contribution is 4.65. The van der Waals surface area contributed by atoms with Gasteiger partial charge in [-0.1, -0.05) is 13.8 Å². The Kier molecular flexibility index (Phi) is 6.92. The molecule has 15 heavy (non-hydrogen) atoms. The molecule has 0 heterocycles. The number of nitrogens with two attached hydrogens (primary N) is 1. The second-order valence-corrected chi connectivity index (χ2v) is 4.16. The summed E-state index contributed by atoms with van der Waals surface area (Å²) >= 11 is 0. The minimum absolute atomic E-state index is 0.262. The molecule has 0 aromatic rings. The maximum Gasteiger partial charge on any atom is 0.390 e. The van der Waals surface area contributed by atoms with Gasteiger partial charge in [-0.15, -0.1) is 0 Å². The van der Waals surface area contributed by atoms with Crippen molar-refractivity contribution in [1.29, 1.82) is 0 Å². The average Bonchev–Trinajstić information content (AvgIpc) is 1.99. The van der Waals surface area contributed by atoms with Gasteiger partial charge in [0.05, 0.1) is 6.42 Å². The molecule has 0 amide bonds. The Morgan fingerprint density at radius 1 is 1.13 bits per heavy atom. The number of ether oxygens (including phenoxy) is 1. The maximum atomic E-state index is 11.9. The Labute approximate surface area is 89.0 Å². The first-order valence-electron chi connectivity index (χ1n) is 5.21. The van der Waals surface area contributed by atoms with E-state index in [1.54, 1.807) is 0 Å². The molecule has 5 heteroatoms. The summed E-state index contributed by atoms with van der Waals surface area (Å²) in [6, 6.07) is -0.843. The highest BCUT2D eigenvalue weighted by atomic mass is 19.4. The highest BCUT2D eigenvalue weighted by Crippen LogP contribution is 2.21. The van der Waals surface area contributed by atoms with Crippen LogP contribution in [0.5, 0.6) is 0 Å². The standard InChI is InChI=1S/C10H20F3NO/c1-8(2)3-5-15-6-4-9(14)7-10(11,12)13/h8-9H,3-7,14H2,1-2H3. The molecule has 0 aromatic carbocycles. The van der Waals surface area contributed by atoms with Crippen LogP contribution in [0.1, 0.15) is 33.1 Å². The van der Waals surface area contributed by atoms with E-state index in [1.807, 2.05) is 0 Å². The second kappa shape index (κ2) is 7.06. The highest BCUT2D eigenvalue weighted by Gasteiger charge is 2.29. The Morgan fingerprint density at radius 3 is 2.13 bits per heavy atom. The molecule has 1 unspecified atom stereocenters. The molecule has 0 aliphatic rings. The van der Waals surface area contributed by atoms with Crippen molar-refractivity contribution in [3.8, 4) is 0 Å². The SMILES string of the molecule is CC(C)CCOCCC(N)CC(F)(F)F. The van der Waals surface area contributed by atoms with Crippen LogP contribution in [-0.2, 0) is 4.74 Å². The summed E-state index contributed by atoms with van der Waals surface area (Å²) in [5.41, 5.74) is 5.30. The molecule has 0 aliphatic carbocycles. The van der Waals surface area contributed by atoms with Crippen LogP contribution < -0.4 is 5.73 Å². The zero-order valence-corrected chi connectivity index (χ0v) is 9.31. The van der Waals surface area contributed by atoms with Gasteiger partial charge >= 0.3 is 6.18 Å². The van der Waals surface area contributed by atoms with Gasteiger partial charge in [0.1, 0.15) is 0 Å². The molecular formula is C10H20F3NO. The lowest BCUT2D eigenvalue weighted by Gasteiger charge is -2.14. The van der Waals surface area contributed by atoms with Gasteiger partial charge < -0.3 is 10.5 Å². The lowest BCUT2D eigenvalue weighted by atomic mass is 10.1. The van der Waals surface area contributed by atoms with E-state index in [0.717, 1.165) is 6.42 Å². The van der Waals surface area contributed by atoms with Crippen molar-refractivity contribution in [3.05, 3.63) is 0 Å². The van der Waals surface area contributed by atoms with Crippen molar-refractivity contribution in [2.24, 2.45) is 11.7 Å². The van der Waals surface area contributed by atoms with Crippen LogP contribution in [0, 0.1) is 5.92 Å². The van der Waals surface area contributed by atoms with Crippen LogP contribution in [0.2, 0.25) is 0 Å². The number of hydrogen-bond acceptors (Lipinski definition) is 2. The predicted octanol–water partition coefficient (Wildman–Crippen LogP) is 2.72. The molecule has 2 N–H and O–H groups in total. The summed E-state index contributed by atoms with van der Waals surface area (Å²) < 4.78 is 40.8. The van der Waals surface area contributed by atoms with Gasteiger partial charge in [-0.3, -0.25) is 0 Å². The van der Waals surface area contributed by atoms with Crippen LogP contribution in [0.25, 0.3) is 0 Å². The molecule has 0 fully saturated rings. The summed E-state index contributed by atoms with van der Waals surface area (Å²) in [7, 11) is 0. The molecule has 0 saturated heterocycles. The van der Waals surface area contributed by atoms with Gasteiger partial charge in [-0.05, 0) is 18.8 Å². The third kappa shape index (κ3) is 11.6. The monoisotopic (exact) mass is 227 g/mol. The lowest BCUT2D eigenvalue weighted by Crippen LogP contribution is -2.28. The van der Waals surface area contributed by atoms with Crippen LogP contribution in [0.4, 0.5) is 13.2 Å². The van der Waals surface area contributed by atoms with Gasteiger partial charge in [0, 0.05) is 19.3 Å². The lowest BCUT2D eigenvalue weighted by molar-refractivity contribution is -0.139. The molecule has 0 radical (unpaired) electrons. The number of halogens is 3. The van der Waals surface area contributed by atoms with Crippen molar-refractivity contribution in [2.75, 3.05) is 13.2 Å². The molecule has 0 saturated carbocycles. The molecule has 1 atom stereocenters. The van der Waals surface area contributed by atoms with E-state index in [0.29, 0.717) is 19.1 Å². The third-order valence-corrected chi connectivity index (χ3v) is 1.97. The van der Waals surface area contributed by atoms with E-state index < -0.39 is 18.6 Å². The Bertz CT molecular complexity index is 159. The van der Waals surface area contributed by atoms with Gasteiger partial charge in [-0.25, -0.2) is 0 Å². The Hall–Kier alpha value is -0.290. The Balaban J connectivity index is 3.36. The zero-order valence-electron chi connectivity index (χ0n) is 9.31. The summed E-state index contributed by atoms with van der Waals surface area (Å²) in [6.07, 6.45) is -3.91. The van der Waals surface area contributed by atoms with Gasteiger partial charge in [0.15, 0.2) is 0 Å². The summed E-state index contributed by atoms with van der Waals surface area (Å²) in [4.78, 5) is 0. The minimum Gasteiger partial charge on any atom is -0.381 e. The number of hydrogen-bond donors (Lipinski definition) is 1. The quantitative estimate of drug-likeness (QED) is 0.679. The van der Waals surface area contributed by atoms with Gasteiger partial charge in [-0.2, -0.15) is 13.2 Å². The predicted molar refractivity (Wildman–Crippen MR) is 53.5 cm³/mol. The topological polar surface area (TPSA) is 35.2 Å². The van der Waals surface area contributed by atoms with E-state index in [4.69, 9.17) is 10.5 Å². The fraction of sp³-hybridized carbons (Fsp3) is 1.00. The van der Waals surface area contributed by atoms with E-state index in [9.17, 15) is 13.2 Å². The first-order chi connectivity index (χ1) is 6.81. The smallest absolute Gasteiger partial charge is 0.381 e. The third-order valence-electron chi connectivity index (χ3n) is 1.97. The molecular weight excluding hydrogens is 207 g/mol. The van der Waals surface area contributed by atoms with Crippen molar-refractivity contribution < 1.29 is 17.9 Å². The molecule has 0 rings (SSSR count). The zero-order chi connectivity index (χ0) is 11.9. The summed E-state index contributed by atoms with van der Waals surface area (Å²) in [5, 5.41) is 0. The van der Waals surface area contributed by atoms with E-state index >= 15 is 0 Å². The van der Waals surface area contributed by atoms with Crippen LogP contribution in [0.15, 0.2) is 0 Å². The maximum absolute atomic E-state index is 11.9. The van der Waals surface area contributed by atoms with Gasteiger partial charge in [0.25, 0.3) is 0 Å². The minimum atomic E-state index is -4.17. The summed E-state index contributed by atoms with van der Waals surface area (Å²) in [6.45, 7) is 5.04. The van der Waals surface area contributed by atoms with Gasteiger partial charge in [0.2, 0.25) is 0 Å². The number of alkyl halides is 3. The second-order valence-electron chi connectivity index (χ2n) is 4.16. The van der Waals surface area contributed by atoms with Crippen LogP contribution in [-0.4, -0.2) is 25.4 Å². The van der Waals surface area contributed by atoms with Crippen molar-refractivity contribution in [3.63, 3.8) is 0 Å². The Morgan fingerprint density at radius 2 is 1.67 bits per heavy atom. The van der Waals surface area contributed by atoms with Crippen LogP contribution in [0.3, 0.4) is 0 Å². The van der Waals surface area contributed by atoms with Crippen molar-refractivity contribution >= 4 is 0 Å².